The van der Waals surface area contributed by atoms with E-state index >= 15 is 0 Å². The van der Waals surface area contributed by atoms with Crippen LogP contribution in [-0.4, -0.2) is 31.8 Å². The lowest BCUT2D eigenvalue weighted by molar-refractivity contribution is -0.275. The summed E-state index contributed by atoms with van der Waals surface area (Å²) in [6, 6.07) is 23.6. The molecule has 4 aromatic rings. The predicted octanol–water partition coefficient (Wildman–Crippen LogP) is 9.04. The molecule has 0 amide bonds. The Morgan fingerprint density at radius 3 is 1.54 bits per heavy atom. The minimum atomic E-state index is -5.02. The Kier molecular flexibility index (Phi) is 10.4. The van der Waals surface area contributed by atoms with Gasteiger partial charge in [0, 0.05) is 18.5 Å². The van der Waals surface area contributed by atoms with Crippen LogP contribution in [0.4, 0.5) is 43.9 Å². The van der Waals surface area contributed by atoms with E-state index in [4.69, 9.17) is 0 Å². The third kappa shape index (κ3) is 9.52. The summed E-state index contributed by atoms with van der Waals surface area (Å²) >= 11 is 0. The highest BCUT2D eigenvalue weighted by molar-refractivity contribution is 5.47. The molecule has 14 heteroatoms. The maximum Gasteiger partial charge on any atom is 0.573 e. The number of ether oxygens (including phenoxy) is 3. The van der Waals surface area contributed by atoms with Gasteiger partial charge >= 0.3 is 25.3 Å². The van der Waals surface area contributed by atoms with Crippen molar-refractivity contribution >= 4 is 0 Å². The fourth-order valence-electron chi connectivity index (χ4n) is 4.86. The van der Waals surface area contributed by atoms with Crippen LogP contribution >= 0.6 is 0 Å². The highest BCUT2D eigenvalue weighted by atomic mass is 19.4. The Morgan fingerprint density at radius 1 is 0.543 bits per heavy atom. The van der Waals surface area contributed by atoms with Crippen LogP contribution in [0.1, 0.15) is 22.3 Å². The number of alkyl halides is 10. The molecule has 1 N–H and O–H groups in total. The average Bonchev–Trinajstić information content (AvgIpc) is 2.96. The summed E-state index contributed by atoms with van der Waals surface area (Å²) in [5, 5.41) is 3.15. The van der Waals surface area contributed by atoms with E-state index in [1.54, 1.807) is 30.3 Å². The standard InChI is InChI=1S/C32H25F10NO3/c33-28(34)30(35,36)44-25-14-12-22(13-15-25)19-43-20-29(18-21-6-2-1-3-7-21,23-8-4-10-26(16-23)45-31(37,38)39)24-9-5-11-27(17-24)46-32(40,41)42/h1-17,28,43H,18-20H2. The molecule has 0 aliphatic carbocycles. The van der Waals surface area contributed by atoms with Gasteiger partial charge < -0.3 is 19.5 Å². The molecule has 0 fully saturated rings. The van der Waals surface area contributed by atoms with Gasteiger partial charge in [0.2, 0.25) is 0 Å². The van der Waals surface area contributed by atoms with Gasteiger partial charge in [-0.3, -0.25) is 0 Å². The van der Waals surface area contributed by atoms with E-state index in [9.17, 15) is 43.9 Å². The maximum atomic E-state index is 13.3. The number of nitrogens with one attached hydrogen (secondary N) is 1. The molecule has 0 saturated heterocycles. The molecule has 4 aromatic carbocycles. The highest BCUT2D eigenvalue weighted by Gasteiger charge is 2.44. The molecule has 0 aromatic heterocycles. The Labute approximate surface area is 256 Å². The number of benzene rings is 4. The molecule has 0 spiro atoms. The maximum absolute atomic E-state index is 13.3. The van der Waals surface area contributed by atoms with Gasteiger partial charge in [-0.05, 0) is 65.1 Å². The second-order valence-electron chi connectivity index (χ2n) is 10.1. The molecule has 246 valence electrons. The van der Waals surface area contributed by atoms with Crippen molar-refractivity contribution in [3.63, 3.8) is 0 Å². The quantitative estimate of drug-likeness (QED) is 0.145. The van der Waals surface area contributed by atoms with Crippen LogP contribution in [0.15, 0.2) is 103 Å². The first-order valence-electron chi connectivity index (χ1n) is 13.5. The lowest BCUT2D eigenvalue weighted by Gasteiger charge is -2.36. The van der Waals surface area contributed by atoms with E-state index in [-0.39, 0.29) is 30.6 Å². The third-order valence-electron chi connectivity index (χ3n) is 6.78. The summed E-state index contributed by atoms with van der Waals surface area (Å²) in [4.78, 5) is 0. The normalized spacial score (nSPS) is 12.7. The molecule has 4 rings (SSSR count). The van der Waals surface area contributed by atoms with E-state index < -0.39 is 47.9 Å². The van der Waals surface area contributed by atoms with Crippen LogP contribution < -0.4 is 19.5 Å². The monoisotopic (exact) mass is 661 g/mol. The van der Waals surface area contributed by atoms with Gasteiger partial charge in [-0.1, -0.05) is 66.7 Å². The zero-order chi connectivity index (χ0) is 33.6. The summed E-state index contributed by atoms with van der Waals surface area (Å²) < 4.78 is 143. The molecule has 0 atom stereocenters. The molecule has 46 heavy (non-hydrogen) atoms. The fraction of sp³-hybridized carbons (Fsp3) is 0.250. The summed E-state index contributed by atoms with van der Waals surface area (Å²) in [6.07, 6.45) is -18.7. The number of halogens is 10. The molecular weight excluding hydrogens is 636 g/mol. The van der Waals surface area contributed by atoms with Crippen LogP contribution in [0.2, 0.25) is 0 Å². The van der Waals surface area contributed by atoms with E-state index in [1.165, 1.54) is 36.4 Å². The van der Waals surface area contributed by atoms with Crippen molar-refractivity contribution in [2.75, 3.05) is 6.54 Å². The number of hydrogen-bond donors (Lipinski definition) is 1. The first-order valence-corrected chi connectivity index (χ1v) is 13.5. The van der Waals surface area contributed by atoms with E-state index in [0.717, 1.165) is 36.4 Å². The molecule has 0 bridgehead atoms. The summed E-state index contributed by atoms with van der Waals surface area (Å²) in [7, 11) is 0. The predicted molar refractivity (Wildman–Crippen MR) is 147 cm³/mol. The first-order chi connectivity index (χ1) is 21.5. The Bertz CT molecular complexity index is 1500. The van der Waals surface area contributed by atoms with Gasteiger partial charge in [0.05, 0.1) is 0 Å². The van der Waals surface area contributed by atoms with Gasteiger partial charge in [0.25, 0.3) is 0 Å². The third-order valence-corrected chi connectivity index (χ3v) is 6.78. The highest BCUT2D eigenvalue weighted by Crippen LogP contribution is 2.40. The average molecular weight is 662 g/mol. The van der Waals surface area contributed by atoms with Crippen molar-refractivity contribution in [1.82, 2.24) is 5.32 Å². The van der Waals surface area contributed by atoms with E-state index in [2.05, 4.69) is 19.5 Å². The van der Waals surface area contributed by atoms with Crippen LogP contribution in [0.3, 0.4) is 0 Å². The van der Waals surface area contributed by atoms with Gasteiger partial charge in [-0.25, -0.2) is 0 Å². The van der Waals surface area contributed by atoms with Crippen LogP contribution in [-0.2, 0) is 18.4 Å². The van der Waals surface area contributed by atoms with Crippen molar-refractivity contribution < 1.29 is 58.1 Å². The Morgan fingerprint density at radius 2 is 1.07 bits per heavy atom. The number of rotatable bonds is 13. The van der Waals surface area contributed by atoms with Crippen molar-refractivity contribution in [2.45, 2.75) is 43.6 Å². The molecule has 4 nitrogen and oxygen atoms in total. The minimum Gasteiger partial charge on any atom is -0.428 e. The Balaban J connectivity index is 1.74. The van der Waals surface area contributed by atoms with Crippen LogP contribution in [0.25, 0.3) is 0 Å². The van der Waals surface area contributed by atoms with E-state index in [0.29, 0.717) is 11.1 Å². The molecule has 0 unspecified atom stereocenters. The zero-order valence-corrected chi connectivity index (χ0v) is 23.5. The van der Waals surface area contributed by atoms with E-state index in [1.807, 2.05) is 0 Å². The second kappa shape index (κ2) is 13.9. The molecule has 0 heterocycles. The number of hydrogen-bond acceptors (Lipinski definition) is 4. The topological polar surface area (TPSA) is 39.7 Å². The molecule has 0 aliphatic heterocycles. The fourth-order valence-corrected chi connectivity index (χ4v) is 4.86. The van der Waals surface area contributed by atoms with Gasteiger partial charge in [-0.15, -0.1) is 26.3 Å². The zero-order valence-electron chi connectivity index (χ0n) is 23.5. The van der Waals surface area contributed by atoms with Crippen molar-refractivity contribution in [3.8, 4) is 17.2 Å². The first kappa shape index (κ1) is 34.4. The molecular formula is C32H25F10NO3. The van der Waals surface area contributed by atoms with Gasteiger partial charge in [-0.2, -0.15) is 17.6 Å². The minimum absolute atomic E-state index is 0.0273. The van der Waals surface area contributed by atoms with Gasteiger partial charge in [0.15, 0.2) is 0 Å². The summed E-state index contributed by atoms with van der Waals surface area (Å²) in [5.74, 6) is -1.63. The smallest absolute Gasteiger partial charge is 0.428 e. The second-order valence-corrected chi connectivity index (χ2v) is 10.1. The van der Waals surface area contributed by atoms with Crippen LogP contribution in [0, 0.1) is 0 Å². The molecule has 0 radical (unpaired) electrons. The lowest BCUT2D eigenvalue weighted by atomic mass is 9.70. The SMILES string of the molecule is FC(F)C(F)(F)Oc1ccc(CNCC(Cc2ccccc2)(c2cccc(OC(F)(F)F)c2)c2cccc(OC(F)(F)F)c2)cc1. The molecule has 0 saturated carbocycles. The van der Waals surface area contributed by atoms with Crippen molar-refractivity contribution in [1.29, 1.82) is 0 Å². The summed E-state index contributed by atoms with van der Waals surface area (Å²) in [6.45, 7) is -0.0475. The Hall–Kier alpha value is -4.46. The van der Waals surface area contributed by atoms with Crippen molar-refractivity contribution in [3.05, 3.63) is 125 Å². The summed E-state index contributed by atoms with van der Waals surface area (Å²) in [5.41, 5.74) is 0.347. The molecule has 0 aliphatic rings. The van der Waals surface area contributed by atoms with Gasteiger partial charge in [0.1, 0.15) is 17.2 Å². The largest absolute Gasteiger partial charge is 0.573 e. The lowest BCUT2D eigenvalue weighted by Crippen LogP contribution is -2.41. The van der Waals surface area contributed by atoms with Crippen molar-refractivity contribution in [2.24, 2.45) is 0 Å². The van der Waals surface area contributed by atoms with Crippen LogP contribution in [0.5, 0.6) is 17.2 Å².